The number of nitrogens with one attached hydrogen (secondary N) is 1. The van der Waals surface area contributed by atoms with Crippen molar-refractivity contribution in [2.24, 2.45) is 0 Å². The number of nitrogens with zero attached hydrogens (tertiary/aromatic N) is 3. The third kappa shape index (κ3) is 3.38. The lowest BCUT2D eigenvalue weighted by molar-refractivity contribution is 0.681. The van der Waals surface area contributed by atoms with E-state index in [9.17, 15) is 0 Å². The van der Waals surface area contributed by atoms with Crippen LogP contribution in [0.25, 0.3) is 5.82 Å². The molecule has 5 heteroatoms. The standard InChI is InChI=1S/C15H19IN4/c1-10(2)14-5-11(7-17-13-3-4-13)6-15(19-14)20-9-12(16)8-18-20/h5-6,8-10,13,17H,3-4,7H2,1-2H3. The first-order chi connectivity index (χ1) is 9.61. The van der Waals surface area contributed by atoms with Crippen LogP contribution >= 0.6 is 22.6 Å². The summed E-state index contributed by atoms with van der Waals surface area (Å²) in [6.45, 7) is 5.27. The molecule has 0 spiro atoms. The summed E-state index contributed by atoms with van der Waals surface area (Å²) >= 11 is 2.27. The Bertz CT molecular complexity index is 602. The molecule has 0 amide bonds. The van der Waals surface area contributed by atoms with E-state index in [4.69, 9.17) is 4.98 Å². The highest BCUT2D eigenvalue weighted by Crippen LogP contribution is 2.21. The number of hydrogen-bond acceptors (Lipinski definition) is 3. The zero-order valence-electron chi connectivity index (χ0n) is 11.8. The number of halogens is 1. The van der Waals surface area contributed by atoms with Gasteiger partial charge in [-0.3, -0.25) is 0 Å². The van der Waals surface area contributed by atoms with E-state index in [0.29, 0.717) is 5.92 Å². The summed E-state index contributed by atoms with van der Waals surface area (Å²) in [6.07, 6.45) is 6.48. The Morgan fingerprint density at radius 3 is 2.80 bits per heavy atom. The van der Waals surface area contributed by atoms with Crippen molar-refractivity contribution in [2.75, 3.05) is 0 Å². The van der Waals surface area contributed by atoms with Gasteiger partial charge in [0.25, 0.3) is 0 Å². The van der Waals surface area contributed by atoms with Crippen LogP contribution in [0.2, 0.25) is 0 Å². The van der Waals surface area contributed by atoms with Gasteiger partial charge in [0, 0.05) is 24.5 Å². The molecule has 2 aromatic heterocycles. The average molecular weight is 382 g/mol. The lowest BCUT2D eigenvalue weighted by atomic mass is 10.1. The molecule has 0 atom stereocenters. The van der Waals surface area contributed by atoms with Crippen LogP contribution in [0.4, 0.5) is 0 Å². The van der Waals surface area contributed by atoms with Crippen molar-refractivity contribution < 1.29 is 0 Å². The summed E-state index contributed by atoms with van der Waals surface area (Å²) in [5.41, 5.74) is 2.41. The highest BCUT2D eigenvalue weighted by molar-refractivity contribution is 14.1. The van der Waals surface area contributed by atoms with Gasteiger partial charge in [0.05, 0.1) is 9.77 Å². The molecule has 1 saturated carbocycles. The minimum absolute atomic E-state index is 0.421. The fraction of sp³-hybridized carbons (Fsp3) is 0.467. The molecule has 0 radical (unpaired) electrons. The maximum atomic E-state index is 4.73. The first-order valence-electron chi connectivity index (χ1n) is 7.06. The molecule has 0 unspecified atom stereocenters. The second-order valence-electron chi connectivity index (χ2n) is 5.67. The average Bonchev–Trinajstić information content (AvgIpc) is 3.16. The zero-order chi connectivity index (χ0) is 14.1. The van der Waals surface area contributed by atoms with Crippen LogP contribution in [0.3, 0.4) is 0 Å². The van der Waals surface area contributed by atoms with Crippen molar-refractivity contribution in [3.8, 4) is 5.82 Å². The highest BCUT2D eigenvalue weighted by Gasteiger charge is 2.20. The van der Waals surface area contributed by atoms with Gasteiger partial charge in [0.15, 0.2) is 5.82 Å². The Morgan fingerprint density at radius 2 is 2.20 bits per heavy atom. The molecule has 4 nitrogen and oxygen atoms in total. The summed E-state index contributed by atoms with van der Waals surface area (Å²) in [5, 5.41) is 7.93. The summed E-state index contributed by atoms with van der Waals surface area (Å²) in [4.78, 5) is 4.73. The molecular formula is C15H19IN4. The molecule has 20 heavy (non-hydrogen) atoms. The van der Waals surface area contributed by atoms with Crippen LogP contribution in [-0.2, 0) is 6.54 Å². The van der Waals surface area contributed by atoms with E-state index < -0.39 is 0 Å². The van der Waals surface area contributed by atoms with Crippen molar-refractivity contribution in [3.05, 3.63) is 39.4 Å². The molecule has 0 saturated heterocycles. The Morgan fingerprint density at radius 1 is 1.40 bits per heavy atom. The Labute approximate surface area is 133 Å². The van der Waals surface area contributed by atoms with Crippen LogP contribution in [0.5, 0.6) is 0 Å². The minimum atomic E-state index is 0.421. The normalized spacial score (nSPS) is 15.0. The first-order valence-corrected chi connectivity index (χ1v) is 8.14. The predicted octanol–water partition coefficient (Wildman–Crippen LogP) is 3.25. The lowest BCUT2D eigenvalue weighted by Crippen LogP contribution is -2.16. The molecular weight excluding hydrogens is 363 g/mol. The first kappa shape index (κ1) is 14.0. The maximum Gasteiger partial charge on any atom is 0.153 e. The molecule has 1 fully saturated rings. The van der Waals surface area contributed by atoms with E-state index in [0.717, 1.165) is 27.7 Å². The van der Waals surface area contributed by atoms with E-state index in [-0.39, 0.29) is 0 Å². The van der Waals surface area contributed by atoms with E-state index >= 15 is 0 Å². The van der Waals surface area contributed by atoms with Crippen LogP contribution < -0.4 is 5.32 Å². The molecule has 1 N–H and O–H groups in total. The second kappa shape index (κ2) is 5.81. The minimum Gasteiger partial charge on any atom is -0.310 e. The monoisotopic (exact) mass is 382 g/mol. The quantitative estimate of drug-likeness (QED) is 0.808. The number of rotatable bonds is 5. The maximum absolute atomic E-state index is 4.73. The van der Waals surface area contributed by atoms with E-state index in [1.54, 1.807) is 0 Å². The third-order valence-electron chi connectivity index (χ3n) is 3.44. The molecule has 1 aliphatic carbocycles. The van der Waals surface area contributed by atoms with Gasteiger partial charge < -0.3 is 5.32 Å². The van der Waals surface area contributed by atoms with Crippen molar-refractivity contribution in [1.82, 2.24) is 20.1 Å². The summed E-state index contributed by atoms with van der Waals surface area (Å²) in [6, 6.07) is 5.06. The Balaban J connectivity index is 1.90. The van der Waals surface area contributed by atoms with Gasteiger partial charge >= 0.3 is 0 Å². The zero-order valence-corrected chi connectivity index (χ0v) is 14.0. The van der Waals surface area contributed by atoms with Gasteiger partial charge in [-0.2, -0.15) is 5.10 Å². The molecule has 3 rings (SSSR count). The van der Waals surface area contributed by atoms with Gasteiger partial charge in [0.1, 0.15) is 0 Å². The third-order valence-corrected chi connectivity index (χ3v) is 4.00. The summed E-state index contributed by atoms with van der Waals surface area (Å²) in [5.74, 6) is 1.33. The molecule has 0 aliphatic heterocycles. The summed E-state index contributed by atoms with van der Waals surface area (Å²) in [7, 11) is 0. The second-order valence-corrected chi connectivity index (χ2v) is 6.92. The van der Waals surface area contributed by atoms with E-state index in [1.807, 2.05) is 17.1 Å². The predicted molar refractivity (Wildman–Crippen MR) is 88.0 cm³/mol. The molecule has 1 aliphatic rings. The Hall–Kier alpha value is -0.950. The number of pyridine rings is 1. The molecule has 2 heterocycles. The fourth-order valence-electron chi connectivity index (χ4n) is 2.09. The topological polar surface area (TPSA) is 42.7 Å². The van der Waals surface area contributed by atoms with Gasteiger partial charge in [-0.1, -0.05) is 13.8 Å². The van der Waals surface area contributed by atoms with Crippen molar-refractivity contribution in [2.45, 2.75) is 45.2 Å². The smallest absolute Gasteiger partial charge is 0.153 e. The van der Waals surface area contributed by atoms with Crippen molar-refractivity contribution in [3.63, 3.8) is 0 Å². The largest absolute Gasteiger partial charge is 0.310 e. The number of hydrogen-bond donors (Lipinski definition) is 1. The Kier molecular flexibility index (Phi) is 4.07. The SMILES string of the molecule is CC(C)c1cc(CNC2CC2)cc(-n2cc(I)cn2)n1. The molecule has 106 valence electrons. The van der Waals surface area contributed by atoms with Crippen molar-refractivity contribution in [1.29, 1.82) is 0 Å². The van der Waals surface area contributed by atoms with Gasteiger partial charge in [-0.05, 0) is 59.0 Å². The highest BCUT2D eigenvalue weighted by atomic mass is 127. The lowest BCUT2D eigenvalue weighted by Gasteiger charge is -2.11. The van der Waals surface area contributed by atoms with E-state index in [2.05, 4.69) is 59.0 Å². The summed E-state index contributed by atoms with van der Waals surface area (Å²) < 4.78 is 2.98. The van der Waals surface area contributed by atoms with Gasteiger partial charge in [0.2, 0.25) is 0 Å². The molecule has 0 aromatic carbocycles. The number of aromatic nitrogens is 3. The van der Waals surface area contributed by atoms with E-state index in [1.165, 1.54) is 18.4 Å². The van der Waals surface area contributed by atoms with Crippen LogP contribution in [-0.4, -0.2) is 20.8 Å². The van der Waals surface area contributed by atoms with Crippen LogP contribution in [0.1, 0.15) is 43.9 Å². The molecule has 0 bridgehead atoms. The van der Waals surface area contributed by atoms with Crippen LogP contribution in [0.15, 0.2) is 24.5 Å². The van der Waals surface area contributed by atoms with Gasteiger partial charge in [-0.15, -0.1) is 0 Å². The van der Waals surface area contributed by atoms with Crippen molar-refractivity contribution >= 4 is 22.6 Å². The molecule has 2 aromatic rings. The van der Waals surface area contributed by atoms with Crippen LogP contribution in [0, 0.1) is 3.57 Å². The fourth-order valence-corrected chi connectivity index (χ4v) is 2.47. The van der Waals surface area contributed by atoms with Gasteiger partial charge in [-0.25, -0.2) is 9.67 Å².